The molecular formula is C21H24ClN3O2. The molecule has 0 radical (unpaired) electrons. The summed E-state index contributed by atoms with van der Waals surface area (Å²) in [4.78, 5) is 17.4. The molecule has 1 unspecified atom stereocenters. The fourth-order valence-corrected chi connectivity index (χ4v) is 3.67. The van der Waals surface area contributed by atoms with Gasteiger partial charge in [-0.05, 0) is 49.9 Å². The molecule has 0 aliphatic heterocycles. The molecule has 27 heavy (non-hydrogen) atoms. The van der Waals surface area contributed by atoms with E-state index in [2.05, 4.69) is 23.9 Å². The number of rotatable bonds is 6. The summed E-state index contributed by atoms with van der Waals surface area (Å²) in [6.45, 7) is 8.28. The van der Waals surface area contributed by atoms with Crippen LogP contribution in [0.4, 0.5) is 0 Å². The van der Waals surface area contributed by atoms with E-state index in [0.717, 1.165) is 16.8 Å². The normalized spacial score (nSPS) is 13.7. The van der Waals surface area contributed by atoms with Crippen LogP contribution in [-0.2, 0) is 14.9 Å². The number of fused-ring (bicyclic) bond motifs is 1. The first-order valence-electron chi connectivity index (χ1n) is 9.13. The highest BCUT2D eigenvalue weighted by Crippen LogP contribution is 2.34. The number of halogens is 1. The van der Waals surface area contributed by atoms with E-state index in [1.807, 2.05) is 44.2 Å². The zero-order valence-corrected chi connectivity index (χ0v) is 16.8. The lowest BCUT2D eigenvalue weighted by atomic mass is 9.79. The Balaban J connectivity index is 2.16. The van der Waals surface area contributed by atoms with Gasteiger partial charge in [0.2, 0.25) is 0 Å². The van der Waals surface area contributed by atoms with Crippen LogP contribution in [0.15, 0.2) is 42.7 Å². The fraction of sp³-hybridized carbons (Fsp3) is 0.381. The van der Waals surface area contributed by atoms with Crippen LogP contribution in [0.2, 0.25) is 5.02 Å². The largest absolute Gasteiger partial charge is 0.465 e. The van der Waals surface area contributed by atoms with Crippen molar-refractivity contribution in [3.05, 3.63) is 53.4 Å². The molecule has 0 saturated carbocycles. The predicted octanol–water partition coefficient (Wildman–Crippen LogP) is 4.92. The lowest BCUT2D eigenvalue weighted by Gasteiger charge is -2.29. The first kappa shape index (κ1) is 19.4. The number of carbonyl (C=O) groups is 1. The molecule has 142 valence electrons. The second kappa shape index (κ2) is 7.69. The highest BCUT2D eigenvalue weighted by Gasteiger charge is 2.40. The van der Waals surface area contributed by atoms with Gasteiger partial charge in [-0.3, -0.25) is 4.79 Å². The third-order valence-electron chi connectivity index (χ3n) is 4.66. The van der Waals surface area contributed by atoms with Gasteiger partial charge < -0.3 is 4.74 Å². The summed E-state index contributed by atoms with van der Waals surface area (Å²) in [5, 5.41) is 5.22. The van der Waals surface area contributed by atoms with Gasteiger partial charge in [-0.25, -0.2) is 9.50 Å². The Morgan fingerprint density at radius 3 is 2.59 bits per heavy atom. The van der Waals surface area contributed by atoms with Crippen LogP contribution in [-0.4, -0.2) is 27.2 Å². The first-order chi connectivity index (χ1) is 12.9. The lowest BCUT2D eigenvalue weighted by molar-refractivity contribution is -0.150. The number of aromatic nitrogens is 3. The Kier molecular flexibility index (Phi) is 5.51. The van der Waals surface area contributed by atoms with Crippen molar-refractivity contribution in [2.24, 2.45) is 5.92 Å². The van der Waals surface area contributed by atoms with E-state index >= 15 is 0 Å². The second-order valence-electron chi connectivity index (χ2n) is 7.28. The second-order valence-corrected chi connectivity index (χ2v) is 7.72. The molecule has 0 N–H and O–H groups in total. The van der Waals surface area contributed by atoms with E-state index in [-0.39, 0.29) is 5.97 Å². The van der Waals surface area contributed by atoms with E-state index < -0.39 is 5.41 Å². The molecule has 1 aromatic carbocycles. The Morgan fingerprint density at radius 1 is 1.26 bits per heavy atom. The number of carbonyl (C=O) groups excluding carboxylic acids is 1. The van der Waals surface area contributed by atoms with Crippen molar-refractivity contribution in [2.45, 2.75) is 39.5 Å². The SMILES string of the molecule is CCOC(=O)C(C)(CC(C)C)c1ccnc2c(-c3ccc(Cl)cc3)cnn12. The van der Waals surface area contributed by atoms with Gasteiger partial charge in [0.25, 0.3) is 0 Å². The van der Waals surface area contributed by atoms with E-state index in [1.54, 1.807) is 16.9 Å². The maximum atomic E-state index is 12.9. The average Bonchev–Trinajstić information content (AvgIpc) is 3.06. The summed E-state index contributed by atoms with van der Waals surface area (Å²) in [5.74, 6) is 0.0728. The maximum absolute atomic E-state index is 12.9. The van der Waals surface area contributed by atoms with Crippen LogP contribution < -0.4 is 0 Å². The average molecular weight is 386 g/mol. The van der Waals surface area contributed by atoms with Crippen LogP contribution in [0.3, 0.4) is 0 Å². The van der Waals surface area contributed by atoms with E-state index in [0.29, 0.717) is 29.6 Å². The van der Waals surface area contributed by atoms with Gasteiger partial charge in [0.05, 0.1) is 18.5 Å². The van der Waals surface area contributed by atoms with Gasteiger partial charge in [-0.1, -0.05) is 37.6 Å². The minimum absolute atomic E-state index is 0.241. The molecule has 0 fully saturated rings. The fourth-order valence-electron chi connectivity index (χ4n) is 3.54. The molecule has 0 bridgehead atoms. The van der Waals surface area contributed by atoms with Crippen molar-refractivity contribution in [3.63, 3.8) is 0 Å². The zero-order valence-electron chi connectivity index (χ0n) is 16.1. The Morgan fingerprint density at radius 2 is 1.96 bits per heavy atom. The number of esters is 1. The van der Waals surface area contributed by atoms with Crippen LogP contribution in [0.1, 0.15) is 39.8 Å². The maximum Gasteiger partial charge on any atom is 0.317 e. The summed E-state index contributed by atoms with van der Waals surface area (Å²) in [7, 11) is 0. The predicted molar refractivity (Wildman–Crippen MR) is 107 cm³/mol. The molecule has 6 heteroatoms. The van der Waals surface area contributed by atoms with Crippen LogP contribution >= 0.6 is 11.6 Å². The Labute approximate surface area is 164 Å². The highest BCUT2D eigenvalue weighted by atomic mass is 35.5. The topological polar surface area (TPSA) is 56.5 Å². The summed E-state index contributed by atoms with van der Waals surface area (Å²) >= 11 is 6.00. The summed E-state index contributed by atoms with van der Waals surface area (Å²) in [6, 6.07) is 9.40. The minimum atomic E-state index is -0.811. The van der Waals surface area contributed by atoms with Crippen molar-refractivity contribution in [3.8, 4) is 11.1 Å². The number of benzene rings is 1. The molecule has 0 amide bonds. The molecule has 3 aromatic rings. The molecular weight excluding hydrogens is 362 g/mol. The smallest absolute Gasteiger partial charge is 0.317 e. The van der Waals surface area contributed by atoms with Gasteiger partial charge in [0, 0.05) is 16.8 Å². The van der Waals surface area contributed by atoms with Crippen molar-refractivity contribution < 1.29 is 9.53 Å². The van der Waals surface area contributed by atoms with Crippen LogP contribution in [0, 0.1) is 5.92 Å². The molecule has 0 aliphatic carbocycles. The molecule has 2 heterocycles. The Bertz CT molecular complexity index is 950. The lowest BCUT2D eigenvalue weighted by Crippen LogP contribution is -2.38. The van der Waals surface area contributed by atoms with Crippen molar-refractivity contribution >= 4 is 23.2 Å². The molecule has 3 rings (SSSR count). The monoisotopic (exact) mass is 385 g/mol. The van der Waals surface area contributed by atoms with E-state index in [4.69, 9.17) is 16.3 Å². The third-order valence-corrected chi connectivity index (χ3v) is 4.92. The van der Waals surface area contributed by atoms with Crippen LogP contribution in [0.25, 0.3) is 16.8 Å². The number of nitrogens with zero attached hydrogens (tertiary/aromatic N) is 3. The highest BCUT2D eigenvalue weighted by molar-refractivity contribution is 6.30. The van der Waals surface area contributed by atoms with Gasteiger partial charge in [0.15, 0.2) is 5.65 Å². The number of ether oxygens (including phenoxy) is 1. The summed E-state index contributed by atoms with van der Waals surface area (Å²) in [5.41, 5.74) is 2.54. The Hall–Kier alpha value is -2.40. The number of hydrogen-bond donors (Lipinski definition) is 0. The molecule has 2 aromatic heterocycles. The third kappa shape index (κ3) is 3.69. The van der Waals surface area contributed by atoms with Crippen molar-refractivity contribution in [1.82, 2.24) is 14.6 Å². The summed E-state index contributed by atoms with van der Waals surface area (Å²) in [6.07, 6.45) is 4.15. The quantitative estimate of drug-likeness (QED) is 0.565. The summed E-state index contributed by atoms with van der Waals surface area (Å²) < 4.78 is 7.15. The number of hydrogen-bond acceptors (Lipinski definition) is 4. The van der Waals surface area contributed by atoms with Gasteiger partial charge in [-0.15, -0.1) is 0 Å². The van der Waals surface area contributed by atoms with E-state index in [9.17, 15) is 4.79 Å². The molecule has 1 atom stereocenters. The standard InChI is InChI=1S/C21H24ClN3O2/c1-5-27-20(26)21(4,12-14(2)3)18-10-11-23-19-17(13-24-25(18)19)15-6-8-16(22)9-7-15/h6-11,13-14H,5,12H2,1-4H3. The minimum Gasteiger partial charge on any atom is -0.465 e. The van der Waals surface area contributed by atoms with Crippen molar-refractivity contribution in [2.75, 3.05) is 6.61 Å². The molecule has 0 aliphatic rings. The van der Waals surface area contributed by atoms with Crippen molar-refractivity contribution in [1.29, 1.82) is 0 Å². The zero-order chi connectivity index (χ0) is 19.6. The first-order valence-corrected chi connectivity index (χ1v) is 9.51. The van der Waals surface area contributed by atoms with Gasteiger partial charge >= 0.3 is 5.97 Å². The molecule has 0 spiro atoms. The molecule has 0 saturated heterocycles. The van der Waals surface area contributed by atoms with Gasteiger partial charge in [0.1, 0.15) is 5.41 Å². The van der Waals surface area contributed by atoms with E-state index in [1.165, 1.54) is 0 Å². The molecule has 5 nitrogen and oxygen atoms in total. The van der Waals surface area contributed by atoms with Gasteiger partial charge in [-0.2, -0.15) is 5.10 Å². The van der Waals surface area contributed by atoms with Crippen LogP contribution in [0.5, 0.6) is 0 Å².